The molecule has 0 aromatic heterocycles. The predicted molar refractivity (Wildman–Crippen MR) is 38.4 cm³/mol. The van der Waals surface area contributed by atoms with E-state index in [0.717, 1.165) is 6.08 Å². The molecule has 0 heterocycles. The third-order valence-electron chi connectivity index (χ3n) is 0.201. The van der Waals surface area contributed by atoms with Gasteiger partial charge in [0.2, 0.25) is 5.91 Å². The zero-order valence-electron chi connectivity index (χ0n) is 5.55. The Morgan fingerprint density at radius 1 is 1.56 bits per heavy atom. The summed E-state index contributed by atoms with van der Waals surface area (Å²) in [6.07, 6.45) is 1.06. The number of amides is 1. The molecule has 0 aliphatic heterocycles. The molecule has 0 radical (unpaired) electrons. The number of primary amides is 1. The Hall–Kier alpha value is -1.25. The Kier molecular flexibility index (Phi) is 8.01. The smallest absolute Gasteiger partial charge is 0.240 e. The van der Waals surface area contributed by atoms with E-state index < -0.39 is 5.91 Å². The molecule has 52 valence electrons. The van der Waals surface area contributed by atoms with Crippen molar-refractivity contribution >= 4 is 5.91 Å². The fourth-order valence-corrected chi connectivity index (χ4v) is 0. The molecule has 0 saturated carbocycles. The van der Waals surface area contributed by atoms with E-state index in [1.807, 2.05) is 0 Å². The van der Waals surface area contributed by atoms with Crippen LogP contribution in [-0.4, -0.2) is 5.91 Å². The summed E-state index contributed by atoms with van der Waals surface area (Å²) >= 11 is 0. The maximum Gasteiger partial charge on any atom is 0.240 e. The van der Waals surface area contributed by atoms with E-state index in [9.17, 15) is 4.79 Å². The quantitative estimate of drug-likeness (QED) is 0.493. The van der Waals surface area contributed by atoms with E-state index in [1.54, 1.807) is 6.92 Å². The maximum atomic E-state index is 9.47. The SMILES string of the molecule is C=C(C)N.C=CC(N)=O. The van der Waals surface area contributed by atoms with E-state index in [-0.39, 0.29) is 0 Å². The van der Waals surface area contributed by atoms with E-state index in [1.165, 1.54) is 0 Å². The summed E-state index contributed by atoms with van der Waals surface area (Å²) < 4.78 is 0. The molecule has 0 spiro atoms. The van der Waals surface area contributed by atoms with Gasteiger partial charge < -0.3 is 11.5 Å². The molecule has 1 amide bonds. The summed E-state index contributed by atoms with van der Waals surface area (Å²) in [5.41, 5.74) is 10.1. The van der Waals surface area contributed by atoms with Crippen molar-refractivity contribution in [3.05, 3.63) is 24.9 Å². The molecule has 0 unspecified atom stereocenters. The lowest BCUT2D eigenvalue weighted by molar-refractivity contribution is -0.113. The summed E-state index contributed by atoms with van der Waals surface area (Å²) in [5.74, 6) is -0.481. The van der Waals surface area contributed by atoms with Gasteiger partial charge in [0.25, 0.3) is 0 Å². The van der Waals surface area contributed by atoms with Crippen molar-refractivity contribution in [3.8, 4) is 0 Å². The predicted octanol–water partition coefficient (Wildman–Crippen LogP) is 0.136. The second-order valence-electron chi connectivity index (χ2n) is 1.45. The van der Waals surface area contributed by atoms with Gasteiger partial charge in [-0.1, -0.05) is 13.2 Å². The first-order valence-electron chi connectivity index (χ1n) is 2.33. The third kappa shape index (κ3) is 271. The average molecular weight is 128 g/mol. The molecule has 0 fully saturated rings. The van der Waals surface area contributed by atoms with Crippen molar-refractivity contribution in [2.75, 3.05) is 0 Å². The Bertz CT molecular complexity index is 114. The highest BCUT2D eigenvalue weighted by molar-refractivity contribution is 5.84. The van der Waals surface area contributed by atoms with Gasteiger partial charge in [0.1, 0.15) is 0 Å². The van der Waals surface area contributed by atoms with E-state index in [0.29, 0.717) is 5.70 Å². The van der Waals surface area contributed by atoms with Crippen LogP contribution in [0.1, 0.15) is 6.92 Å². The molecule has 9 heavy (non-hydrogen) atoms. The molecule has 4 N–H and O–H groups in total. The lowest BCUT2D eigenvalue weighted by atomic mass is 10.6. The monoisotopic (exact) mass is 128 g/mol. The summed E-state index contributed by atoms with van der Waals surface area (Å²) in [4.78, 5) is 9.47. The first-order valence-corrected chi connectivity index (χ1v) is 2.33. The molecular formula is C6H12N2O. The maximum absolute atomic E-state index is 9.47. The fraction of sp³-hybridized carbons (Fsp3) is 0.167. The second kappa shape index (κ2) is 6.75. The molecule has 0 rings (SSSR count). The van der Waals surface area contributed by atoms with Gasteiger partial charge in [0, 0.05) is 0 Å². The van der Waals surface area contributed by atoms with Gasteiger partial charge in [-0.3, -0.25) is 4.79 Å². The molecule has 0 saturated heterocycles. The minimum absolute atomic E-state index is 0.481. The van der Waals surface area contributed by atoms with E-state index in [4.69, 9.17) is 5.73 Å². The van der Waals surface area contributed by atoms with Crippen molar-refractivity contribution in [3.63, 3.8) is 0 Å². The Morgan fingerprint density at radius 2 is 1.67 bits per heavy atom. The molecule has 0 aliphatic rings. The average Bonchev–Trinajstić information content (AvgIpc) is 1.65. The zero-order chi connectivity index (χ0) is 7.86. The first-order chi connectivity index (χ1) is 4.00. The van der Waals surface area contributed by atoms with Crippen LogP contribution in [0, 0.1) is 0 Å². The number of hydrogen-bond acceptors (Lipinski definition) is 2. The lowest BCUT2D eigenvalue weighted by Crippen LogP contribution is -2.04. The van der Waals surface area contributed by atoms with Crippen molar-refractivity contribution < 1.29 is 4.79 Å². The molecule has 0 aromatic carbocycles. The Morgan fingerprint density at radius 3 is 1.67 bits per heavy atom. The van der Waals surface area contributed by atoms with Crippen molar-refractivity contribution in [2.45, 2.75) is 6.92 Å². The third-order valence-corrected chi connectivity index (χ3v) is 0.201. The summed E-state index contributed by atoms with van der Waals surface area (Å²) in [6.45, 7) is 8.17. The molecule has 3 nitrogen and oxygen atoms in total. The summed E-state index contributed by atoms with van der Waals surface area (Å²) in [5, 5.41) is 0. The van der Waals surface area contributed by atoms with Gasteiger partial charge >= 0.3 is 0 Å². The van der Waals surface area contributed by atoms with Gasteiger partial charge in [0.05, 0.1) is 0 Å². The van der Waals surface area contributed by atoms with Crippen LogP contribution in [0.15, 0.2) is 24.9 Å². The highest BCUT2D eigenvalue weighted by atomic mass is 16.1. The van der Waals surface area contributed by atoms with Crippen LogP contribution >= 0.6 is 0 Å². The molecule has 0 bridgehead atoms. The van der Waals surface area contributed by atoms with Crippen molar-refractivity contribution in [1.29, 1.82) is 0 Å². The van der Waals surface area contributed by atoms with Crippen molar-refractivity contribution in [2.24, 2.45) is 11.5 Å². The normalized spacial score (nSPS) is 6.33. The largest absolute Gasteiger partial charge is 0.403 e. The first kappa shape index (κ1) is 10.7. The van der Waals surface area contributed by atoms with Crippen LogP contribution in [-0.2, 0) is 4.79 Å². The number of nitrogens with two attached hydrogens (primary N) is 2. The second-order valence-corrected chi connectivity index (χ2v) is 1.45. The van der Waals surface area contributed by atoms with Gasteiger partial charge in [-0.25, -0.2) is 0 Å². The molecule has 0 aliphatic carbocycles. The molecule has 0 aromatic rings. The number of carbonyl (C=O) groups excluding carboxylic acids is 1. The highest BCUT2D eigenvalue weighted by Gasteiger charge is 1.69. The van der Waals surface area contributed by atoms with Crippen LogP contribution in [0.25, 0.3) is 0 Å². The standard InChI is InChI=1S/C3H5NO.C3H7N/c1-2-3(4)5;1-3(2)4/h2H,1H2,(H2,4,5);1,4H2,2H3. The summed E-state index contributed by atoms with van der Waals surface area (Å²) in [7, 11) is 0. The number of carbonyl (C=O) groups is 1. The highest BCUT2D eigenvalue weighted by Crippen LogP contribution is 1.58. The summed E-state index contributed by atoms with van der Waals surface area (Å²) in [6, 6.07) is 0. The number of hydrogen-bond donors (Lipinski definition) is 2. The lowest BCUT2D eigenvalue weighted by Gasteiger charge is -1.69. The zero-order valence-corrected chi connectivity index (χ0v) is 5.55. The molecular weight excluding hydrogens is 116 g/mol. The van der Waals surface area contributed by atoms with Crippen LogP contribution in [0.3, 0.4) is 0 Å². The molecule has 0 atom stereocenters. The minimum atomic E-state index is -0.481. The van der Waals surface area contributed by atoms with Crippen LogP contribution in [0.2, 0.25) is 0 Å². The van der Waals surface area contributed by atoms with Crippen LogP contribution < -0.4 is 11.5 Å². The van der Waals surface area contributed by atoms with Gasteiger partial charge in [-0.15, -0.1) is 0 Å². The number of allylic oxidation sites excluding steroid dienone is 1. The Labute approximate surface area is 55.0 Å². The van der Waals surface area contributed by atoms with Crippen LogP contribution in [0.5, 0.6) is 0 Å². The van der Waals surface area contributed by atoms with Crippen molar-refractivity contribution in [1.82, 2.24) is 0 Å². The molecule has 3 heteroatoms. The number of rotatable bonds is 1. The van der Waals surface area contributed by atoms with Gasteiger partial charge in [-0.2, -0.15) is 0 Å². The van der Waals surface area contributed by atoms with Crippen LogP contribution in [0.4, 0.5) is 0 Å². The minimum Gasteiger partial charge on any atom is -0.403 e. The topological polar surface area (TPSA) is 69.1 Å². The van der Waals surface area contributed by atoms with Gasteiger partial charge in [0.15, 0.2) is 0 Å². The fourth-order valence-electron chi connectivity index (χ4n) is 0. The Balaban J connectivity index is 0. The van der Waals surface area contributed by atoms with Gasteiger partial charge in [-0.05, 0) is 18.7 Å². The van der Waals surface area contributed by atoms with E-state index in [2.05, 4.69) is 18.9 Å². The van der Waals surface area contributed by atoms with E-state index >= 15 is 0 Å².